The first kappa shape index (κ1) is 17.4. The Bertz CT molecular complexity index is 596. The van der Waals surface area contributed by atoms with Crippen molar-refractivity contribution in [3.8, 4) is 0 Å². The summed E-state index contributed by atoms with van der Waals surface area (Å²) in [6.45, 7) is 8.38. The number of carbonyl (C=O) groups excluding carboxylic acids is 3. The zero-order valence-electron chi connectivity index (χ0n) is 12.9. The van der Waals surface area contributed by atoms with Gasteiger partial charge in [-0.05, 0) is 25.5 Å². The first-order valence-electron chi connectivity index (χ1n) is 6.83. The summed E-state index contributed by atoms with van der Waals surface area (Å²) in [5, 5.41) is 5.15. The predicted octanol–water partition coefficient (Wildman–Crippen LogP) is 1.80. The molecule has 0 aromatic heterocycles. The summed E-state index contributed by atoms with van der Waals surface area (Å²) in [4.78, 5) is 35.2. The molecule has 0 radical (unpaired) electrons. The lowest BCUT2D eigenvalue weighted by molar-refractivity contribution is -0.128. The number of nitrogens with one attached hydrogen (secondary N) is 2. The first-order chi connectivity index (χ1) is 10.4. The van der Waals surface area contributed by atoms with E-state index in [0.717, 1.165) is 5.56 Å². The average Bonchev–Trinajstić information content (AvgIpc) is 2.46. The van der Waals surface area contributed by atoms with Crippen LogP contribution in [0, 0.1) is 6.92 Å². The maximum Gasteiger partial charge on any atom is 0.341 e. The summed E-state index contributed by atoms with van der Waals surface area (Å²) in [5.41, 5.74) is 1.32. The van der Waals surface area contributed by atoms with Gasteiger partial charge >= 0.3 is 5.97 Å². The van der Waals surface area contributed by atoms with E-state index in [9.17, 15) is 14.4 Å². The predicted molar refractivity (Wildman–Crippen MR) is 83.6 cm³/mol. The van der Waals surface area contributed by atoms with Crippen LogP contribution in [0.3, 0.4) is 0 Å². The first-order valence-corrected chi connectivity index (χ1v) is 6.83. The highest BCUT2D eigenvalue weighted by Crippen LogP contribution is 2.22. The fourth-order valence-electron chi connectivity index (χ4n) is 1.77. The highest BCUT2D eigenvalue weighted by atomic mass is 16.5. The molecule has 0 spiro atoms. The fraction of sp³-hybridized carbons (Fsp3) is 0.312. The number of para-hydroxylation sites is 1. The molecule has 0 fully saturated rings. The van der Waals surface area contributed by atoms with Crippen LogP contribution in [0.15, 0.2) is 30.9 Å². The molecule has 6 heteroatoms. The molecule has 2 N–H and O–H groups in total. The Morgan fingerprint density at radius 3 is 2.64 bits per heavy atom. The third kappa shape index (κ3) is 4.73. The molecule has 0 bridgehead atoms. The topological polar surface area (TPSA) is 84.5 Å². The molecule has 0 aliphatic heterocycles. The Hall–Kier alpha value is -2.63. The number of aryl methyl sites for hydroxylation is 1. The monoisotopic (exact) mass is 304 g/mol. The zero-order chi connectivity index (χ0) is 16.7. The maximum absolute atomic E-state index is 12.2. The number of ether oxygens (including phenoxy) is 1. The molecule has 1 aromatic carbocycles. The molecule has 0 aliphatic carbocycles. The molecule has 2 amide bonds. The van der Waals surface area contributed by atoms with Crippen molar-refractivity contribution in [2.24, 2.45) is 0 Å². The van der Waals surface area contributed by atoms with Crippen LogP contribution in [0.25, 0.3) is 0 Å². The van der Waals surface area contributed by atoms with Crippen molar-refractivity contribution in [1.29, 1.82) is 0 Å². The van der Waals surface area contributed by atoms with Crippen molar-refractivity contribution >= 4 is 23.5 Å². The Morgan fingerprint density at radius 1 is 1.36 bits per heavy atom. The van der Waals surface area contributed by atoms with Gasteiger partial charge in [0.1, 0.15) is 0 Å². The van der Waals surface area contributed by atoms with Crippen molar-refractivity contribution in [3.05, 3.63) is 42.0 Å². The average molecular weight is 304 g/mol. The van der Waals surface area contributed by atoms with Crippen molar-refractivity contribution in [2.75, 3.05) is 11.9 Å². The molecule has 1 atom stereocenters. The van der Waals surface area contributed by atoms with E-state index in [4.69, 9.17) is 4.74 Å². The second kappa shape index (κ2) is 7.97. The molecule has 22 heavy (non-hydrogen) atoms. The van der Waals surface area contributed by atoms with E-state index in [-0.39, 0.29) is 11.5 Å². The van der Waals surface area contributed by atoms with E-state index in [1.165, 1.54) is 26.0 Å². The van der Waals surface area contributed by atoms with Crippen LogP contribution < -0.4 is 10.6 Å². The highest BCUT2D eigenvalue weighted by Gasteiger charge is 2.21. The Balaban J connectivity index is 2.89. The molecule has 1 aromatic rings. The van der Waals surface area contributed by atoms with Gasteiger partial charge in [-0.2, -0.15) is 0 Å². The fourth-order valence-corrected chi connectivity index (χ4v) is 1.77. The summed E-state index contributed by atoms with van der Waals surface area (Å²) in [7, 11) is 0. The third-order valence-electron chi connectivity index (χ3n) is 2.87. The quantitative estimate of drug-likeness (QED) is 0.620. The summed E-state index contributed by atoms with van der Waals surface area (Å²) >= 11 is 0. The van der Waals surface area contributed by atoms with Gasteiger partial charge in [-0.25, -0.2) is 4.79 Å². The second-order valence-electron chi connectivity index (χ2n) is 4.76. The molecular formula is C16H20N2O4. The van der Waals surface area contributed by atoms with E-state index >= 15 is 0 Å². The number of esters is 1. The summed E-state index contributed by atoms with van der Waals surface area (Å²) in [6.07, 6.45) is 0.583. The van der Waals surface area contributed by atoms with Gasteiger partial charge in [0.25, 0.3) is 5.91 Å². The van der Waals surface area contributed by atoms with E-state index in [1.54, 1.807) is 19.1 Å². The molecule has 0 aliphatic rings. The minimum atomic E-state index is -0.946. The van der Waals surface area contributed by atoms with Crippen molar-refractivity contribution < 1.29 is 19.1 Å². The van der Waals surface area contributed by atoms with Gasteiger partial charge in [-0.1, -0.05) is 18.2 Å². The zero-order valence-corrected chi connectivity index (χ0v) is 12.9. The van der Waals surface area contributed by atoms with Crippen LogP contribution in [-0.4, -0.2) is 30.4 Å². The molecule has 1 rings (SSSR count). The Morgan fingerprint density at radius 2 is 2.05 bits per heavy atom. The van der Waals surface area contributed by atoms with Crippen LogP contribution in [0.2, 0.25) is 0 Å². The standard InChI is InChI=1S/C16H20N2O4/c1-5-9-17-15(20)11(3)22-16(21)13-8-6-7-10(2)14(13)18-12(4)19/h5-8,11H,1,9H2,2-4H3,(H,17,20)(H,18,19). The lowest BCUT2D eigenvalue weighted by Gasteiger charge is -2.16. The lowest BCUT2D eigenvalue weighted by atomic mass is 10.1. The molecular weight excluding hydrogens is 284 g/mol. The maximum atomic E-state index is 12.2. The minimum absolute atomic E-state index is 0.207. The molecule has 0 saturated heterocycles. The van der Waals surface area contributed by atoms with E-state index in [1.807, 2.05) is 0 Å². The van der Waals surface area contributed by atoms with Crippen molar-refractivity contribution in [1.82, 2.24) is 5.32 Å². The van der Waals surface area contributed by atoms with Crippen molar-refractivity contribution in [2.45, 2.75) is 26.9 Å². The van der Waals surface area contributed by atoms with Gasteiger partial charge in [0.15, 0.2) is 6.10 Å². The van der Waals surface area contributed by atoms with Gasteiger partial charge in [-0.15, -0.1) is 6.58 Å². The minimum Gasteiger partial charge on any atom is -0.449 e. The number of anilines is 1. The number of benzene rings is 1. The van der Waals surface area contributed by atoms with Gasteiger partial charge in [0.05, 0.1) is 11.3 Å². The van der Waals surface area contributed by atoms with E-state index in [0.29, 0.717) is 12.2 Å². The number of rotatable bonds is 6. The van der Waals surface area contributed by atoms with Gasteiger partial charge in [0, 0.05) is 13.5 Å². The second-order valence-corrected chi connectivity index (χ2v) is 4.76. The number of hydrogen-bond acceptors (Lipinski definition) is 4. The number of hydrogen-bond donors (Lipinski definition) is 2. The Labute approximate surface area is 129 Å². The molecule has 1 unspecified atom stereocenters. The molecule has 118 valence electrons. The largest absolute Gasteiger partial charge is 0.449 e. The molecule has 0 heterocycles. The summed E-state index contributed by atoms with van der Waals surface area (Å²) in [6, 6.07) is 4.98. The normalized spacial score (nSPS) is 11.2. The van der Waals surface area contributed by atoms with Crippen LogP contribution in [0.4, 0.5) is 5.69 Å². The smallest absolute Gasteiger partial charge is 0.341 e. The lowest BCUT2D eigenvalue weighted by Crippen LogP contribution is -2.36. The van der Waals surface area contributed by atoms with E-state index < -0.39 is 18.0 Å². The highest BCUT2D eigenvalue weighted by molar-refractivity contribution is 6.02. The van der Waals surface area contributed by atoms with Gasteiger partial charge in [0.2, 0.25) is 5.91 Å². The van der Waals surface area contributed by atoms with Crippen LogP contribution in [0.1, 0.15) is 29.8 Å². The molecule has 6 nitrogen and oxygen atoms in total. The Kier molecular flexibility index (Phi) is 6.31. The van der Waals surface area contributed by atoms with Crippen LogP contribution >= 0.6 is 0 Å². The summed E-state index contributed by atoms with van der Waals surface area (Å²) in [5.74, 6) is -1.38. The van der Waals surface area contributed by atoms with Crippen LogP contribution in [0.5, 0.6) is 0 Å². The third-order valence-corrected chi connectivity index (χ3v) is 2.87. The molecule has 0 saturated carbocycles. The van der Waals surface area contributed by atoms with Crippen molar-refractivity contribution in [3.63, 3.8) is 0 Å². The van der Waals surface area contributed by atoms with E-state index in [2.05, 4.69) is 17.2 Å². The van der Waals surface area contributed by atoms with Gasteiger partial charge in [-0.3, -0.25) is 9.59 Å². The van der Waals surface area contributed by atoms with Crippen LogP contribution in [-0.2, 0) is 14.3 Å². The number of carbonyl (C=O) groups is 3. The van der Waals surface area contributed by atoms with Gasteiger partial charge < -0.3 is 15.4 Å². The SMILES string of the molecule is C=CCNC(=O)C(C)OC(=O)c1cccc(C)c1NC(C)=O. The number of amides is 2. The summed E-state index contributed by atoms with van der Waals surface area (Å²) < 4.78 is 5.14.